The van der Waals surface area contributed by atoms with Crippen molar-refractivity contribution in [2.45, 2.75) is 13.0 Å². The Bertz CT molecular complexity index is 159. The van der Waals surface area contributed by atoms with Crippen molar-refractivity contribution >= 4 is 5.91 Å². The number of ether oxygens (including phenoxy) is 1. The van der Waals surface area contributed by atoms with Gasteiger partial charge < -0.3 is 15.0 Å². The minimum absolute atomic E-state index is 0.101. The van der Waals surface area contributed by atoms with Crippen LogP contribution in [0.3, 0.4) is 0 Å². The molecule has 4 heteroatoms. The van der Waals surface area contributed by atoms with Crippen molar-refractivity contribution in [2.24, 2.45) is 0 Å². The molecule has 1 N–H and O–H groups in total. The molecule has 1 heterocycles. The minimum Gasteiger partial charge on any atom is -0.369 e. The van der Waals surface area contributed by atoms with E-state index in [1.54, 1.807) is 0 Å². The van der Waals surface area contributed by atoms with E-state index in [1.165, 1.54) is 0 Å². The summed E-state index contributed by atoms with van der Waals surface area (Å²) in [6, 6.07) is 0.209. The quantitative estimate of drug-likeness (QED) is 0.621. The first kappa shape index (κ1) is 9.48. The highest BCUT2D eigenvalue weighted by Gasteiger charge is 2.26. The van der Waals surface area contributed by atoms with Gasteiger partial charge in [0.05, 0.1) is 12.6 Å². The summed E-state index contributed by atoms with van der Waals surface area (Å²) in [5.74, 6) is 0.101. The molecule has 0 aromatic heterocycles. The average Bonchev–Trinajstić information content (AvgIpc) is 2.05. The molecule has 70 valence electrons. The van der Waals surface area contributed by atoms with E-state index in [-0.39, 0.29) is 18.6 Å². The first-order valence-corrected chi connectivity index (χ1v) is 4.31. The summed E-state index contributed by atoms with van der Waals surface area (Å²) >= 11 is 0. The Morgan fingerprint density at radius 2 is 2.50 bits per heavy atom. The summed E-state index contributed by atoms with van der Waals surface area (Å²) in [6.45, 7) is 4.47. The largest absolute Gasteiger partial charge is 0.369 e. The number of likely N-dealkylation sites (N-methyl/N-ethyl adjacent to an activating group) is 2. The molecule has 0 spiro atoms. The fraction of sp³-hybridized carbons (Fsp3) is 0.875. The van der Waals surface area contributed by atoms with Crippen LogP contribution in [0.15, 0.2) is 0 Å². The van der Waals surface area contributed by atoms with Gasteiger partial charge in [-0.05, 0) is 14.0 Å². The highest BCUT2D eigenvalue weighted by Crippen LogP contribution is 2.06. The molecule has 0 bridgehead atoms. The number of amides is 1. The van der Waals surface area contributed by atoms with Gasteiger partial charge in [-0.15, -0.1) is 0 Å². The lowest BCUT2D eigenvalue weighted by Crippen LogP contribution is -2.52. The third-order valence-corrected chi connectivity index (χ3v) is 2.08. The second-order valence-electron chi connectivity index (χ2n) is 2.91. The van der Waals surface area contributed by atoms with Crippen LogP contribution in [0.4, 0.5) is 0 Å². The summed E-state index contributed by atoms with van der Waals surface area (Å²) in [5.41, 5.74) is 0. The van der Waals surface area contributed by atoms with Gasteiger partial charge >= 0.3 is 0 Å². The van der Waals surface area contributed by atoms with Crippen molar-refractivity contribution in [1.82, 2.24) is 10.2 Å². The zero-order chi connectivity index (χ0) is 8.97. The molecule has 0 aromatic rings. The number of carbonyl (C=O) groups excluding carboxylic acids is 1. The maximum Gasteiger partial charge on any atom is 0.248 e. The van der Waals surface area contributed by atoms with E-state index >= 15 is 0 Å². The van der Waals surface area contributed by atoms with Crippen molar-refractivity contribution in [2.75, 3.05) is 33.4 Å². The van der Waals surface area contributed by atoms with Gasteiger partial charge in [-0.25, -0.2) is 0 Å². The molecular formula is C8H16N2O2. The van der Waals surface area contributed by atoms with Crippen molar-refractivity contribution < 1.29 is 9.53 Å². The molecule has 1 saturated heterocycles. The highest BCUT2D eigenvalue weighted by molar-refractivity contribution is 5.78. The van der Waals surface area contributed by atoms with Crippen molar-refractivity contribution in [3.8, 4) is 0 Å². The first-order valence-electron chi connectivity index (χ1n) is 4.31. The third-order valence-electron chi connectivity index (χ3n) is 2.08. The van der Waals surface area contributed by atoms with Crippen LogP contribution in [-0.4, -0.2) is 50.2 Å². The van der Waals surface area contributed by atoms with Crippen LogP contribution in [0.2, 0.25) is 0 Å². The number of morpholine rings is 1. The number of nitrogens with one attached hydrogen (secondary N) is 1. The van der Waals surface area contributed by atoms with Crippen LogP contribution < -0.4 is 5.32 Å². The number of hydrogen-bond acceptors (Lipinski definition) is 3. The molecule has 0 aliphatic carbocycles. The standard InChI is InChI=1S/C8H16N2O2/c1-3-10-7(4-9-2)5-12-6-8(10)11/h7,9H,3-6H2,1-2H3. The molecule has 12 heavy (non-hydrogen) atoms. The number of carbonyl (C=O) groups is 1. The predicted molar refractivity (Wildman–Crippen MR) is 45.9 cm³/mol. The Balaban J connectivity index is 2.51. The van der Waals surface area contributed by atoms with Crippen LogP contribution in [-0.2, 0) is 9.53 Å². The van der Waals surface area contributed by atoms with Gasteiger partial charge in [-0.1, -0.05) is 0 Å². The second-order valence-corrected chi connectivity index (χ2v) is 2.91. The summed E-state index contributed by atoms with van der Waals surface area (Å²) < 4.78 is 5.15. The van der Waals surface area contributed by atoms with Crippen LogP contribution >= 0.6 is 0 Å². The highest BCUT2D eigenvalue weighted by atomic mass is 16.5. The van der Waals surface area contributed by atoms with E-state index < -0.39 is 0 Å². The molecule has 0 radical (unpaired) electrons. The first-order chi connectivity index (χ1) is 5.79. The summed E-state index contributed by atoms with van der Waals surface area (Å²) in [6.07, 6.45) is 0. The normalized spacial score (nSPS) is 24.7. The van der Waals surface area contributed by atoms with Crippen molar-refractivity contribution in [1.29, 1.82) is 0 Å². The molecule has 4 nitrogen and oxygen atoms in total. The monoisotopic (exact) mass is 172 g/mol. The number of hydrogen-bond donors (Lipinski definition) is 1. The molecule has 1 rings (SSSR count). The van der Waals surface area contributed by atoms with Crippen LogP contribution in [0.1, 0.15) is 6.92 Å². The molecule has 1 atom stereocenters. The second kappa shape index (κ2) is 4.42. The molecular weight excluding hydrogens is 156 g/mol. The molecule has 0 aromatic carbocycles. The van der Waals surface area contributed by atoms with E-state index in [2.05, 4.69) is 5.32 Å². The molecule has 1 amide bonds. The Morgan fingerprint density at radius 1 is 1.75 bits per heavy atom. The summed E-state index contributed by atoms with van der Waals surface area (Å²) in [4.78, 5) is 13.1. The number of rotatable bonds is 3. The maximum absolute atomic E-state index is 11.3. The van der Waals surface area contributed by atoms with Gasteiger partial charge in [0.2, 0.25) is 5.91 Å². The zero-order valence-corrected chi connectivity index (χ0v) is 7.67. The number of nitrogens with zero attached hydrogens (tertiary/aromatic N) is 1. The fourth-order valence-corrected chi connectivity index (χ4v) is 1.50. The van der Waals surface area contributed by atoms with E-state index in [4.69, 9.17) is 4.74 Å². The maximum atomic E-state index is 11.3. The van der Waals surface area contributed by atoms with Crippen molar-refractivity contribution in [3.63, 3.8) is 0 Å². The fourth-order valence-electron chi connectivity index (χ4n) is 1.50. The smallest absolute Gasteiger partial charge is 0.248 e. The molecule has 1 aliphatic rings. The average molecular weight is 172 g/mol. The summed E-state index contributed by atoms with van der Waals surface area (Å²) in [7, 11) is 1.88. The van der Waals surface area contributed by atoms with Gasteiger partial charge in [-0.2, -0.15) is 0 Å². The van der Waals surface area contributed by atoms with Gasteiger partial charge in [0.25, 0.3) is 0 Å². The van der Waals surface area contributed by atoms with Gasteiger partial charge in [0, 0.05) is 13.1 Å². The lowest BCUT2D eigenvalue weighted by atomic mass is 10.2. The van der Waals surface area contributed by atoms with Gasteiger partial charge in [-0.3, -0.25) is 4.79 Å². The minimum atomic E-state index is 0.101. The third kappa shape index (κ3) is 1.95. The van der Waals surface area contributed by atoms with Gasteiger partial charge in [0.15, 0.2) is 0 Å². The van der Waals surface area contributed by atoms with Crippen LogP contribution in [0.25, 0.3) is 0 Å². The van der Waals surface area contributed by atoms with E-state index in [9.17, 15) is 4.79 Å². The molecule has 0 saturated carbocycles. The Morgan fingerprint density at radius 3 is 3.08 bits per heavy atom. The van der Waals surface area contributed by atoms with E-state index in [0.717, 1.165) is 13.1 Å². The summed E-state index contributed by atoms with van der Waals surface area (Å²) in [5, 5.41) is 3.05. The van der Waals surface area contributed by atoms with E-state index in [0.29, 0.717) is 6.61 Å². The Kier molecular flexibility index (Phi) is 3.49. The molecule has 1 aliphatic heterocycles. The predicted octanol–water partition coefficient (Wildman–Crippen LogP) is -0.547. The molecule has 1 unspecified atom stereocenters. The lowest BCUT2D eigenvalue weighted by molar-refractivity contribution is -0.147. The Hall–Kier alpha value is -0.610. The van der Waals surface area contributed by atoms with Crippen LogP contribution in [0, 0.1) is 0 Å². The topological polar surface area (TPSA) is 41.6 Å². The van der Waals surface area contributed by atoms with E-state index in [1.807, 2.05) is 18.9 Å². The van der Waals surface area contributed by atoms with Crippen LogP contribution in [0.5, 0.6) is 0 Å². The molecule has 1 fully saturated rings. The zero-order valence-electron chi connectivity index (χ0n) is 7.67. The Labute approximate surface area is 72.9 Å². The lowest BCUT2D eigenvalue weighted by Gasteiger charge is -2.34. The SMILES string of the molecule is CCN1C(=O)COCC1CNC. The van der Waals surface area contributed by atoms with Crippen molar-refractivity contribution in [3.05, 3.63) is 0 Å². The van der Waals surface area contributed by atoms with Gasteiger partial charge in [0.1, 0.15) is 6.61 Å².